The van der Waals surface area contributed by atoms with Gasteiger partial charge < -0.3 is 86.6 Å². The summed E-state index contributed by atoms with van der Waals surface area (Å²) in [5.74, 6) is 14.4. The van der Waals surface area contributed by atoms with Crippen LogP contribution in [0.15, 0.2) is 125 Å². The average molecular weight is 1860 g/mol. The number of aliphatic hydroxyl groups excluding tert-OH is 1. The van der Waals surface area contributed by atoms with Crippen LogP contribution in [0.3, 0.4) is 0 Å². The lowest BCUT2D eigenvalue weighted by Gasteiger charge is -2.17. The third-order valence-electron chi connectivity index (χ3n) is 16.0. The van der Waals surface area contributed by atoms with E-state index < -0.39 is 0 Å². The summed E-state index contributed by atoms with van der Waals surface area (Å²) < 4.78 is 52.1. The minimum atomic E-state index is -0.179. The maximum Gasteiger partial charge on any atom is 0.216 e. The molecular weight excluding hydrogens is 1760 g/mol. The number of nitrogens with one attached hydrogen (secondary N) is 4. The topological polar surface area (TPSA) is 523 Å². The van der Waals surface area contributed by atoms with Crippen LogP contribution in [0.25, 0.3) is 0 Å². The van der Waals surface area contributed by atoms with Crippen LogP contribution in [-0.4, -0.2) is 148 Å². The molecule has 0 aromatic carbocycles. The molecule has 12 heterocycles. The van der Waals surface area contributed by atoms with Crippen molar-refractivity contribution >= 4 is 88.5 Å². The fourth-order valence-corrected chi connectivity index (χ4v) is 10.9. The summed E-state index contributed by atoms with van der Waals surface area (Å²) in [7, 11) is 4.50. The summed E-state index contributed by atoms with van der Waals surface area (Å²) in [5, 5.41) is 35.0. The second-order valence-corrected chi connectivity index (χ2v) is 29.5. The molecule has 0 amide bonds. The molecule has 0 aliphatic carbocycles. The molecule has 12 aromatic rings. The van der Waals surface area contributed by atoms with Gasteiger partial charge in [-0.25, -0.2) is 89.7 Å². The number of nitrogen functional groups attached to an aromatic ring is 4. The smallest absolute Gasteiger partial charge is 0.216 e. The van der Waals surface area contributed by atoms with Crippen molar-refractivity contribution in [1.29, 1.82) is 10.7 Å². The van der Waals surface area contributed by atoms with Gasteiger partial charge in [0.25, 0.3) is 0 Å². The van der Waals surface area contributed by atoms with E-state index in [4.69, 9.17) is 81.3 Å². The normalized spacial score (nSPS) is 10.5. The Morgan fingerprint density at radius 2 is 0.738 bits per heavy atom. The van der Waals surface area contributed by atoms with E-state index in [1.165, 1.54) is 51.1 Å². The predicted octanol–water partition coefficient (Wildman–Crippen LogP) is 16.4. The van der Waals surface area contributed by atoms with Crippen LogP contribution in [0.1, 0.15) is 148 Å². The van der Waals surface area contributed by atoms with Gasteiger partial charge in [-0.1, -0.05) is 41.5 Å². The molecule has 0 saturated heterocycles. The van der Waals surface area contributed by atoms with Gasteiger partial charge in [0.05, 0.1) is 76.9 Å². The van der Waals surface area contributed by atoms with Gasteiger partial charge in [0.1, 0.15) is 95.0 Å². The van der Waals surface area contributed by atoms with Crippen LogP contribution in [-0.2, 0) is 0 Å². The fourth-order valence-electron chi connectivity index (χ4n) is 10.0. The molecule has 37 nitrogen and oxygen atoms in total. The highest BCUT2D eigenvalue weighted by atomic mass is 79.9. The number of hydrogen-bond acceptors (Lipinski definition) is 36. The number of nitrogens with zero attached hydrogens (tertiary/aromatic N) is 19. The van der Waals surface area contributed by atoms with Crippen LogP contribution in [0.2, 0.25) is 0 Å². The van der Waals surface area contributed by atoms with Gasteiger partial charge in [-0.3, -0.25) is 5.41 Å². The lowest BCUT2D eigenvalue weighted by atomic mass is 10.1. The lowest BCUT2D eigenvalue weighted by molar-refractivity contribution is 0.310. The molecule has 0 radical (unpaired) electrons. The van der Waals surface area contributed by atoms with Gasteiger partial charge in [-0.05, 0) is 135 Å². The molecule has 12 aromatic heterocycles. The van der Waals surface area contributed by atoms with E-state index in [0.29, 0.717) is 145 Å². The second kappa shape index (κ2) is 46.9. The van der Waals surface area contributed by atoms with E-state index in [-0.39, 0.29) is 58.8 Å². The lowest BCUT2D eigenvalue weighted by Crippen LogP contribution is -2.13. The molecule has 0 saturated carbocycles. The van der Waals surface area contributed by atoms with Crippen molar-refractivity contribution in [3.63, 3.8) is 0 Å². The van der Waals surface area contributed by atoms with Crippen molar-refractivity contribution in [2.75, 3.05) is 74.2 Å². The maximum atomic E-state index is 9.00. The minimum absolute atomic E-state index is 0.0144. The minimum Gasteiger partial charge on any atom is -0.481 e. The molecule has 0 unspecified atom stereocenters. The second-order valence-electron chi connectivity index (χ2n) is 27.0. The molecule has 0 aliphatic heterocycles. The number of amidine groups is 1. The third-order valence-corrected chi connectivity index (χ3v) is 17.3. The molecule has 0 bridgehead atoms. The molecule has 12 rings (SSSR count). The van der Waals surface area contributed by atoms with Crippen LogP contribution < -0.4 is 81.5 Å². The van der Waals surface area contributed by atoms with Crippen LogP contribution in [0, 0.1) is 65.2 Å². The van der Waals surface area contributed by atoms with Crippen molar-refractivity contribution < 1.29 is 47.7 Å². The number of aryl methyl sites for hydroxylation is 7. The van der Waals surface area contributed by atoms with Gasteiger partial charge in [-0.15, -0.1) is 0 Å². The Bertz CT molecular complexity index is 5560. The molecule has 122 heavy (non-hydrogen) atoms. The molecule has 642 valence electrons. The Morgan fingerprint density at radius 3 is 1.10 bits per heavy atom. The summed E-state index contributed by atoms with van der Waals surface area (Å²) in [6.07, 6.45) is 19.3. The number of methoxy groups -OCH3 is 3. The van der Waals surface area contributed by atoms with Crippen molar-refractivity contribution in [3.05, 3.63) is 193 Å². The largest absolute Gasteiger partial charge is 0.481 e. The quantitative estimate of drug-likeness (QED) is 0.0138. The highest BCUT2D eigenvalue weighted by Gasteiger charge is 2.21. The van der Waals surface area contributed by atoms with Crippen LogP contribution in [0.4, 0.5) is 34.9 Å². The van der Waals surface area contributed by atoms with Crippen molar-refractivity contribution in [3.8, 4) is 92.7 Å². The first-order valence-electron chi connectivity index (χ1n) is 37.6. The van der Waals surface area contributed by atoms with Gasteiger partial charge in [0, 0.05) is 109 Å². The van der Waals surface area contributed by atoms with E-state index in [1.54, 1.807) is 78.1 Å². The standard InChI is InChI=1S/C16H21BrN4O.C15H19BrN4O2.C15H19BrN4O.C12H14N6O2.C12H11N5O2.C12H14N4O2/c1-9(2)12-7-19-15(17)6-13(12)22-14-8-18-11(5)21-16(14)20-10(3)4;1-9(2)11-7-19-14(16)6-12(11)22-13-8-18-10(3)20-15(13)17-4-5-21;1-5-17-15-13(8-18-10(4)20-15)21-12-6-14(16)19-7-11(12)9(2)3;1-6-16-5-9(12(15)18-6)20-8-3-10(19-2)17-4-7(8)11(13)14;1-7-15-6-10(12(14)17-7)19-9-3-11(18-2)16-5-8(9)4-13;1-7-5-15-11(17-3)4-9(7)18-10-6-14-8(2)16-12(10)13/h6-10H,1-5H3,(H,18,20,21);6-9,21H,4-5H2,1-3H3,(H,17,18,20);6-9H,5H2,1-4H3,(H,17,18,20);3-5H,1-2H3,(H3,13,14)(H2,15,16,18);3,5-6H,1-2H3,(H2,14,15,17);4-6H,1-3H3,(H2,13,14,16). The summed E-state index contributed by atoms with van der Waals surface area (Å²) in [6, 6.07) is 12.5. The summed E-state index contributed by atoms with van der Waals surface area (Å²) >= 11 is 10.1. The number of nitrogens with two attached hydrogens (primary N) is 4. The van der Waals surface area contributed by atoms with Gasteiger partial charge in [0.2, 0.25) is 17.6 Å². The zero-order valence-electron chi connectivity index (χ0n) is 70.9. The summed E-state index contributed by atoms with van der Waals surface area (Å²) in [6.45, 7) is 32.5. The maximum absolute atomic E-state index is 9.00. The van der Waals surface area contributed by atoms with Crippen molar-refractivity contribution in [1.82, 2.24) is 89.7 Å². The number of hydrogen-bond donors (Lipinski definition) is 9. The summed E-state index contributed by atoms with van der Waals surface area (Å²) in [4.78, 5) is 74.6. The molecule has 0 spiro atoms. The SMILES string of the molecule is CCNc1nc(C)ncc1Oc1cc(Br)ncc1C(C)C.COc1cc(Oc2cnc(C)nc2N)c(C#N)cn1.COc1cc(Oc2cnc(C)nc2N)c(C(=N)N)cn1.COc1cc(Oc2cnc(C)nc2N)c(C)cn1.Cc1ncc(Oc2cc(Br)ncc2C(C)C)c(NC(C)C)n1.Cc1ncc(Oc2cc(Br)ncc2C(C)C)c(NCCO)n1. The van der Waals surface area contributed by atoms with Crippen LogP contribution in [0.5, 0.6) is 86.6 Å². The Morgan fingerprint density at radius 1 is 0.410 bits per heavy atom. The monoisotopic (exact) mass is 1860 g/mol. The zero-order chi connectivity index (χ0) is 89.4. The van der Waals surface area contributed by atoms with E-state index in [2.05, 4.69) is 209 Å². The Labute approximate surface area is 732 Å². The van der Waals surface area contributed by atoms with Crippen molar-refractivity contribution in [2.45, 2.75) is 135 Å². The van der Waals surface area contributed by atoms with Gasteiger partial charge in [0.15, 0.2) is 75.2 Å². The van der Waals surface area contributed by atoms with Crippen LogP contribution >= 0.6 is 47.8 Å². The molecule has 13 N–H and O–H groups in total. The Balaban J connectivity index is 0.000000202. The third kappa shape index (κ3) is 29.3. The molecular formula is C82H98Br3N27O10. The highest BCUT2D eigenvalue weighted by molar-refractivity contribution is 9.11. The number of anilines is 6. The van der Waals surface area contributed by atoms with E-state index in [0.717, 1.165) is 49.5 Å². The van der Waals surface area contributed by atoms with E-state index in [9.17, 15) is 0 Å². The van der Waals surface area contributed by atoms with Crippen molar-refractivity contribution in [2.24, 2.45) is 5.73 Å². The number of pyridine rings is 6. The molecule has 0 aliphatic rings. The zero-order valence-corrected chi connectivity index (χ0v) is 75.6. The number of aliphatic hydroxyl groups is 1. The molecule has 0 atom stereocenters. The number of nitriles is 1. The first-order valence-corrected chi connectivity index (χ1v) is 40.0. The van der Waals surface area contributed by atoms with E-state index >= 15 is 0 Å². The first kappa shape index (κ1) is 95.9. The Kier molecular flexibility index (Phi) is 36.9. The summed E-state index contributed by atoms with van der Waals surface area (Å²) in [5.41, 5.74) is 27.3. The molecule has 0 fully saturated rings. The molecule has 40 heteroatoms. The van der Waals surface area contributed by atoms with Gasteiger partial charge in [-0.2, -0.15) is 5.26 Å². The first-order chi connectivity index (χ1) is 58.1. The number of aromatic nitrogens is 18. The van der Waals surface area contributed by atoms with Gasteiger partial charge >= 0.3 is 0 Å². The Hall–Kier alpha value is -13.3. The number of rotatable bonds is 26. The number of halogens is 3. The predicted molar refractivity (Wildman–Crippen MR) is 474 cm³/mol. The fraction of sp³-hybridized carbons (Fsp3) is 0.317. The van der Waals surface area contributed by atoms with E-state index in [1.807, 2.05) is 64.4 Å². The highest BCUT2D eigenvalue weighted by Crippen LogP contribution is 2.40. The number of ether oxygens (including phenoxy) is 9. The average Bonchev–Trinajstić information content (AvgIpc) is 0.849.